The molecule has 1 rings (SSSR count). The van der Waals surface area contributed by atoms with Crippen molar-refractivity contribution in [2.75, 3.05) is 0 Å². The lowest BCUT2D eigenvalue weighted by Crippen LogP contribution is -2.43. The summed E-state index contributed by atoms with van der Waals surface area (Å²) in [5.74, 6) is 0.329. The number of nitrogens with one attached hydrogen (secondary N) is 1. The van der Waals surface area contributed by atoms with Gasteiger partial charge in [-0.1, -0.05) is 20.8 Å². The van der Waals surface area contributed by atoms with Crippen molar-refractivity contribution in [1.82, 2.24) is 5.32 Å². The van der Waals surface area contributed by atoms with E-state index >= 15 is 0 Å². The van der Waals surface area contributed by atoms with Crippen LogP contribution in [0.3, 0.4) is 0 Å². The summed E-state index contributed by atoms with van der Waals surface area (Å²) in [5.41, 5.74) is 5.92. The molecular weight excluding hydrogens is 188 g/mol. The van der Waals surface area contributed by atoms with Gasteiger partial charge in [0.1, 0.15) is 0 Å². The lowest BCUT2D eigenvalue weighted by molar-refractivity contribution is -0.126. The third kappa shape index (κ3) is 3.49. The number of amides is 1. The van der Waals surface area contributed by atoms with Crippen LogP contribution in [0.1, 0.15) is 47.0 Å². The molecule has 0 spiro atoms. The van der Waals surface area contributed by atoms with Gasteiger partial charge in [0.2, 0.25) is 5.91 Å². The van der Waals surface area contributed by atoms with Gasteiger partial charge in [0, 0.05) is 18.0 Å². The largest absolute Gasteiger partial charge is 0.353 e. The molecule has 3 heteroatoms. The van der Waals surface area contributed by atoms with Crippen molar-refractivity contribution >= 4 is 5.91 Å². The standard InChI is InChI=1S/C12H24N2O/c1-8(12(2,3)4)14-11(15)9-5-6-10(13)7-9/h8-10H,5-7,13H2,1-4H3,(H,14,15). The minimum Gasteiger partial charge on any atom is -0.353 e. The van der Waals surface area contributed by atoms with E-state index in [4.69, 9.17) is 5.73 Å². The Morgan fingerprint density at radius 2 is 2.00 bits per heavy atom. The highest BCUT2D eigenvalue weighted by Crippen LogP contribution is 2.25. The second kappa shape index (κ2) is 4.52. The minimum absolute atomic E-state index is 0.121. The van der Waals surface area contributed by atoms with Gasteiger partial charge in [-0.25, -0.2) is 0 Å². The van der Waals surface area contributed by atoms with Gasteiger partial charge in [-0.05, 0) is 31.6 Å². The number of carbonyl (C=O) groups excluding carboxylic acids is 1. The molecule has 1 amide bonds. The summed E-state index contributed by atoms with van der Waals surface area (Å²) >= 11 is 0. The van der Waals surface area contributed by atoms with Crippen molar-refractivity contribution in [3.63, 3.8) is 0 Å². The van der Waals surface area contributed by atoms with Crippen LogP contribution in [0.15, 0.2) is 0 Å². The second-order valence-electron chi connectivity index (χ2n) is 5.87. The van der Waals surface area contributed by atoms with Crippen LogP contribution in [0.25, 0.3) is 0 Å². The summed E-state index contributed by atoms with van der Waals surface area (Å²) in [6, 6.07) is 0.438. The second-order valence-corrected chi connectivity index (χ2v) is 5.87. The van der Waals surface area contributed by atoms with Crippen LogP contribution >= 0.6 is 0 Å². The van der Waals surface area contributed by atoms with E-state index in [1.807, 2.05) is 0 Å². The van der Waals surface area contributed by atoms with Crippen LogP contribution in [0.4, 0.5) is 0 Å². The van der Waals surface area contributed by atoms with E-state index in [1.54, 1.807) is 0 Å². The summed E-state index contributed by atoms with van der Waals surface area (Å²) in [7, 11) is 0. The van der Waals surface area contributed by atoms with Crippen LogP contribution in [0.5, 0.6) is 0 Å². The van der Waals surface area contributed by atoms with E-state index in [2.05, 4.69) is 33.0 Å². The summed E-state index contributed by atoms with van der Waals surface area (Å²) in [5, 5.41) is 3.09. The maximum Gasteiger partial charge on any atom is 0.223 e. The molecule has 0 aromatic carbocycles. The Morgan fingerprint density at radius 3 is 2.40 bits per heavy atom. The van der Waals surface area contributed by atoms with Gasteiger partial charge in [0.25, 0.3) is 0 Å². The molecule has 3 atom stereocenters. The Morgan fingerprint density at radius 1 is 1.40 bits per heavy atom. The molecule has 0 heterocycles. The molecule has 0 aromatic heterocycles. The van der Waals surface area contributed by atoms with Gasteiger partial charge >= 0.3 is 0 Å². The van der Waals surface area contributed by atoms with E-state index in [-0.39, 0.29) is 29.3 Å². The van der Waals surface area contributed by atoms with Crippen molar-refractivity contribution < 1.29 is 4.79 Å². The average molecular weight is 212 g/mol. The highest BCUT2D eigenvalue weighted by molar-refractivity contribution is 5.79. The van der Waals surface area contributed by atoms with Crippen LogP contribution < -0.4 is 11.1 Å². The first kappa shape index (κ1) is 12.5. The van der Waals surface area contributed by atoms with Crippen LogP contribution in [0.2, 0.25) is 0 Å². The lowest BCUT2D eigenvalue weighted by Gasteiger charge is -2.29. The van der Waals surface area contributed by atoms with Crippen LogP contribution in [-0.4, -0.2) is 18.0 Å². The van der Waals surface area contributed by atoms with Crippen molar-refractivity contribution in [3.8, 4) is 0 Å². The maximum atomic E-state index is 11.9. The SMILES string of the molecule is CC(NC(=O)C1CCC(N)C1)C(C)(C)C. The molecule has 3 nitrogen and oxygen atoms in total. The van der Waals surface area contributed by atoms with Crippen LogP contribution in [-0.2, 0) is 4.79 Å². The molecule has 1 aliphatic rings. The minimum atomic E-state index is 0.121. The maximum absolute atomic E-state index is 11.9. The van der Waals surface area contributed by atoms with Gasteiger partial charge in [-0.15, -0.1) is 0 Å². The Bertz CT molecular complexity index is 232. The Labute approximate surface area is 92.8 Å². The third-order valence-electron chi connectivity index (χ3n) is 3.50. The van der Waals surface area contributed by atoms with E-state index in [0.29, 0.717) is 0 Å². The van der Waals surface area contributed by atoms with Gasteiger partial charge in [-0.3, -0.25) is 4.79 Å². The number of rotatable bonds is 2. The number of nitrogens with two attached hydrogens (primary N) is 1. The smallest absolute Gasteiger partial charge is 0.223 e. The Hall–Kier alpha value is -0.570. The molecular formula is C12H24N2O. The molecule has 0 saturated heterocycles. The van der Waals surface area contributed by atoms with Gasteiger partial charge in [-0.2, -0.15) is 0 Å². The van der Waals surface area contributed by atoms with E-state index in [9.17, 15) is 4.79 Å². The molecule has 0 bridgehead atoms. The molecule has 0 aliphatic heterocycles. The first-order valence-corrected chi connectivity index (χ1v) is 5.86. The highest BCUT2D eigenvalue weighted by Gasteiger charge is 2.30. The first-order chi connectivity index (χ1) is 6.80. The summed E-state index contributed by atoms with van der Waals surface area (Å²) < 4.78 is 0. The Balaban J connectivity index is 2.42. The fourth-order valence-electron chi connectivity index (χ4n) is 1.80. The fourth-order valence-corrected chi connectivity index (χ4v) is 1.80. The molecule has 0 aromatic rings. The predicted molar refractivity (Wildman–Crippen MR) is 62.4 cm³/mol. The van der Waals surface area contributed by atoms with E-state index in [0.717, 1.165) is 19.3 Å². The molecule has 0 radical (unpaired) electrons. The normalized spacial score (nSPS) is 28.9. The third-order valence-corrected chi connectivity index (χ3v) is 3.50. The number of hydrogen-bond acceptors (Lipinski definition) is 2. The van der Waals surface area contributed by atoms with Crippen LogP contribution in [0, 0.1) is 11.3 Å². The molecule has 1 aliphatic carbocycles. The molecule has 1 fully saturated rings. The zero-order valence-electron chi connectivity index (χ0n) is 10.3. The van der Waals surface area contributed by atoms with E-state index in [1.165, 1.54) is 0 Å². The summed E-state index contributed by atoms with van der Waals surface area (Å²) in [6.07, 6.45) is 2.79. The zero-order valence-corrected chi connectivity index (χ0v) is 10.3. The average Bonchev–Trinajstić information content (AvgIpc) is 2.50. The van der Waals surface area contributed by atoms with Crippen molar-refractivity contribution in [2.45, 2.75) is 59.0 Å². The molecule has 1 saturated carbocycles. The molecule has 3 unspecified atom stereocenters. The first-order valence-electron chi connectivity index (χ1n) is 5.86. The van der Waals surface area contributed by atoms with E-state index < -0.39 is 0 Å². The highest BCUT2D eigenvalue weighted by atomic mass is 16.1. The lowest BCUT2D eigenvalue weighted by atomic mass is 9.87. The molecule has 3 N–H and O–H groups in total. The van der Waals surface area contributed by atoms with Crippen molar-refractivity contribution in [3.05, 3.63) is 0 Å². The molecule has 88 valence electrons. The molecule has 15 heavy (non-hydrogen) atoms. The van der Waals surface area contributed by atoms with Gasteiger partial charge < -0.3 is 11.1 Å². The van der Waals surface area contributed by atoms with Gasteiger partial charge in [0.15, 0.2) is 0 Å². The fraction of sp³-hybridized carbons (Fsp3) is 0.917. The van der Waals surface area contributed by atoms with Crippen molar-refractivity contribution in [1.29, 1.82) is 0 Å². The zero-order chi connectivity index (χ0) is 11.6. The monoisotopic (exact) mass is 212 g/mol. The van der Waals surface area contributed by atoms with Gasteiger partial charge in [0.05, 0.1) is 0 Å². The summed E-state index contributed by atoms with van der Waals surface area (Å²) in [6.45, 7) is 8.47. The number of carbonyl (C=O) groups is 1. The topological polar surface area (TPSA) is 55.1 Å². The Kier molecular flexibility index (Phi) is 3.77. The van der Waals surface area contributed by atoms with Crippen molar-refractivity contribution in [2.24, 2.45) is 17.1 Å². The predicted octanol–water partition coefficient (Wildman–Crippen LogP) is 1.66. The quantitative estimate of drug-likeness (QED) is 0.731. The number of hydrogen-bond donors (Lipinski definition) is 2. The summed E-state index contributed by atoms with van der Waals surface area (Å²) in [4.78, 5) is 11.9.